The van der Waals surface area contributed by atoms with Gasteiger partial charge in [-0.15, -0.1) is 0 Å². The van der Waals surface area contributed by atoms with Crippen LogP contribution in [0.3, 0.4) is 0 Å². The van der Waals surface area contributed by atoms with Crippen LogP contribution >= 0.6 is 0 Å². The normalized spacial score (nSPS) is 14.1. The molecule has 0 unspecified atom stereocenters. The number of anilines is 1. The number of aryl methyl sites for hydroxylation is 2. The van der Waals surface area contributed by atoms with Crippen LogP contribution in [0.15, 0.2) is 42.5 Å². The summed E-state index contributed by atoms with van der Waals surface area (Å²) < 4.78 is 26.6. The summed E-state index contributed by atoms with van der Waals surface area (Å²) in [5.41, 5.74) is 4.68. The molecule has 0 saturated heterocycles. The van der Waals surface area contributed by atoms with Crippen LogP contribution in [0, 0.1) is 13.8 Å². The van der Waals surface area contributed by atoms with Crippen molar-refractivity contribution < 1.29 is 13.2 Å². The Morgan fingerprint density at radius 3 is 1.97 bits per heavy atom. The highest BCUT2D eigenvalue weighted by molar-refractivity contribution is 7.92. The van der Waals surface area contributed by atoms with E-state index in [1.54, 1.807) is 12.1 Å². The molecule has 6 heteroatoms. The molecule has 0 heterocycles. The molecule has 31 heavy (non-hydrogen) atoms. The van der Waals surface area contributed by atoms with Crippen LogP contribution in [0.5, 0.6) is 0 Å². The van der Waals surface area contributed by atoms with E-state index in [0.717, 1.165) is 22.9 Å². The van der Waals surface area contributed by atoms with E-state index >= 15 is 0 Å². The van der Waals surface area contributed by atoms with Crippen molar-refractivity contribution in [2.75, 3.05) is 10.6 Å². The Labute approximate surface area is 187 Å². The second-order valence-corrected chi connectivity index (χ2v) is 11.3. The van der Waals surface area contributed by atoms with Gasteiger partial charge in [0.1, 0.15) is 6.04 Å². The third kappa shape index (κ3) is 6.33. The van der Waals surface area contributed by atoms with Gasteiger partial charge in [-0.2, -0.15) is 0 Å². The average Bonchev–Trinajstić information content (AvgIpc) is 2.63. The number of nitrogens with one attached hydrogen (secondary N) is 1. The molecule has 1 amide bonds. The molecule has 0 radical (unpaired) electrons. The maximum atomic E-state index is 13.2. The molecular formula is C25H36N2O3S. The highest BCUT2D eigenvalue weighted by Gasteiger charge is 2.32. The van der Waals surface area contributed by atoms with Crippen molar-refractivity contribution in [2.45, 2.75) is 72.4 Å². The summed E-state index contributed by atoms with van der Waals surface area (Å²) >= 11 is 0. The molecular weight excluding hydrogens is 408 g/mol. The van der Waals surface area contributed by atoms with Crippen molar-refractivity contribution in [1.82, 2.24) is 5.32 Å². The van der Waals surface area contributed by atoms with E-state index in [-0.39, 0.29) is 17.4 Å². The van der Waals surface area contributed by atoms with Gasteiger partial charge in [0, 0.05) is 0 Å². The Morgan fingerprint density at radius 1 is 1.03 bits per heavy atom. The number of hydrogen-bond donors (Lipinski definition) is 1. The number of amides is 1. The van der Waals surface area contributed by atoms with Crippen LogP contribution in [-0.4, -0.2) is 26.6 Å². The fraction of sp³-hybridized carbons (Fsp3) is 0.480. The molecule has 0 aliphatic carbocycles. The van der Waals surface area contributed by atoms with E-state index in [9.17, 15) is 13.2 Å². The van der Waals surface area contributed by atoms with Crippen LogP contribution in [0.2, 0.25) is 0 Å². The average molecular weight is 445 g/mol. The molecule has 2 rings (SSSR count). The third-order valence-electron chi connectivity index (χ3n) is 5.43. The summed E-state index contributed by atoms with van der Waals surface area (Å²) in [4.78, 5) is 13.2. The van der Waals surface area contributed by atoms with Gasteiger partial charge >= 0.3 is 0 Å². The summed E-state index contributed by atoms with van der Waals surface area (Å²) in [5, 5.41) is 3.01. The predicted octanol–water partition coefficient (Wildman–Crippen LogP) is 5.02. The highest BCUT2D eigenvalue weighted by Crippen LogP contribution is 2.27. The van der Waals surface area contributed by atoms with Crippen molar-refractivity contribution in [3.8, 4) is 0 Å². The lowest BCUT2D eigenvalue weighted by Gasteiger charge is -2.31. The Morgan fingerprint density at radius 2 is 1.55 bits per heavy atom. The molecule has 0 bridgehead atoms. The van der Waals surface area contributed by atoms with E-state index in [1.165, 1.54) is 9.87 Å². The van der Waals surface area contributed by atoms with Gasteiger partial charge in [-0.05, 0) is 67.0 Å². The van der Waals surface area contributed by atoms with Crippen molar-refractivity contribution in [1.29, 1.82) is 0 Å². The first-order chi connectivity index (χ1) is 14.2. The summed E-state index contributed by atoms with van der Waals surface area (Å²) in [6, 6.07) is 12.7. The van der Waals surface area contributed by atoms with E-state index in [0.29, 0.717) is 12.1 Å². The van der Waals surface area contributed by atoms with Crippen LogP contribution in [-0.2, 0) is 20.2 Å². The molecule has 2 aromatic carbocycles. The van der Waals surface area contributed by atoms with Crippen LogP contribution in [0.25, 0.3) is 0 Å². The summed E-state index contributed by atoms with van der Waals surface area (Å²) in [6.45, 7) is 14.1. The first kappa shape index (κ1) is 24.9. The first-order valence-corrected chi connectivity index (χ1v) is 12.6. The van der Waals surface area contributed by atoms with Gasteiger partial charge in [-0.3, -0.25) is 9.10 Å². The van der Waals surface area contributed by atoms with E-state index < -0.39 is 16.1 Å². The number of carbonyl (C=O) groups excluding carboxylic acids is 1. The summed E-state index contributed by atoms with van der Waals surface area (Å²) in [6.07, 6.45) is 1.51. The van der Waals surface area contributed by atoms with Crippen molar-refractivity contribution in [2.24, 2.45) is 0 Å². The van der Waals surface area contributed by atoms with Crippen LogP contribution < -0.4 is 9.62 Å². The summed E-state index contributed by atoms with van der Waals surface area (Å²) in [7, 11) is -3.66. The zero-order valence-corrected chi connectivity index (χ0v) is 20.8. The van der Waals surface area contributed by atoms with E-state index in [1.807, 2.05) is 45.9 Å². The van der Waals surface area contributed by atoms with Crippen LogP contribution in [0.4, 0.5) is 5.69 Å². The fourth-order valence-electron chi connectivity index (χ4n) is 3.80. The number of sulfonamides is 1. The van der Waals surface area contributed by atoms with Gasteiger partial charge in [0.25, 0.3) is 0 Å². The Hall–Kier alpha value is -2.34. The zero-order valence-electron chi connectivity index (χ0n) is 20.0. The maximum absolute atomic E-state index is 13.2. The fourth-order valence-corrected chi connectivity index (χ4v) is 5.00. The Bertz CT molecular complexity index is 1000. The topological polar surface area (TPSA) is 66.5 Å². The molecule has 0 fully saturated rings. The molecule has 2 aromatic rings. The smallest absolute Gasteiger partial charge is 0.244 e. The van der Waals surface area contributed by atoms with Gasteiger partial charge in [0.2, 0.25) is 15.9 Å². The first-order valence-electron chi connectivity index (χ1n) is 10.7. The number of carbonyl (C=O) groups is 1. The molecule has 0 aliphatic rings. The van der Waals surface area contributed by atoms with Crippen LogP contribution in [0.1, 0.15) is 69.3 Å². The lowest BCUT2D eigenvalue weighted by molar-refractivity contribution is -0.122. The third-order valence-corrected chi connectivity index (χ3v) is 6.61. The molecule has 0 spiro atoms. The lowest BCUT2D eigenvalue weighted by atomic mass is 9.86. The van der Waals surface area contributed by atoms with Gasteiger partial charge in [0.05, 0.1) is 18.0 Å². The quantitative estimate of drug-likeness (QED) is 0.652. The second-order valence-electron chi connectivity index (χ2n) is 9.43. The largest absolute Gasteiger partial charge is 0.348 e. The predicted molar refractivity (Wildman–Crippen MR) is 129 cm³/mol. The zero-order chi connectivity index (χ0) is 23.6. The Balaban J connectivity index is 2.31. The minimum atomic E-state index is -3.66. The lowest BCUT2D eigenvalue weighted by Crippen LogP contribution is -2.49. The maximum Gasteiger partial charge on any atom is 0.244 e. The van der Waals surface area contributed by atoms with Crippen molar-refractivity contribution in [3.63, 3.8) is 0 Å². The summed E-state index contributed by atoms with van der Waals surface area (Å²) in [5.74, 6) is -0.306. The Kier molecular flexibility index (Phi) is 7.58. The number of nitrogens with zero attached hydrogens (tertiary/aromatic N) is 1. The second kappa shape index (κ2) is 9.43. The molecule has 0 aromatic heterocycles. The van der Waals surface area contributed by atoms with E-state index in [2.05, 4.69) is 38.2 Å². The number of rotatable bonds is 7. The van der Waals surface area contributed by atoms with Crippen molar-refractivity contribution in [3.05, 3.63) is 64.7 Å². The standard InChI is InChI=1S/C25H36N2O3S/c1-9-23(27(31(8,29)30)22-15-17(2)14-18(3)16-22)24(28)26-19(4)20-10-12-21(13-11-20)25(5,6)7/h10-16,19,23H,9H2,1-8H3,(H,26,28)/t19-,23-/m1/s1. The van der Waals surface area contributed by atoms with Gasteiger partial charge in [-0.1, -0.05) is 58.0 Å². The highest BCUT2D eigenvalue weighted by atomic mass is 32.2. The van der Waals surface area contributed by atoms with E-state index in [4.69, 9.17) is 0 Å². The van der Waals surface area contributed by atoms with Gasteiger partial charge in [0.15, 0.2) is 0 Å². The number of benzene rings is 2. The molecule has 1 N–H and O–H groups in total. The van der Waals surface area contributed by atoms with Gasteiger partial charge in [-0.25, -0.2) is 8.42 Å². The molecule has 0 saturated carbocycles. The number of hydrogen-bond acceptors (Lipinski definition) is 3. The molecule has 170 valence electrons. The minimum Gasteiger partial charge on any atom is -0.348 e. The molecule has 5 nitrogen and oxygen atoms in total. The van der Waals surface area contributed by atoms with Crippen molar-refractivity contribution >= 4 is 21.6 Å². The van der Waals surface area contributed by atoms with Gasteiger partial charge < -0.3 is 5.32 Å². The minimum absolute atomic E-state index is 0.0558. The molecule has 2 atom stereocenters. The SMILES string of the molecule is CC[C@H](C(=O)N[C@H](C)c1ccc(C(C)(C)C)cc1)N(c1cc(C)cc(C)c1)S(C)(=O)=O. The molecule has 0 aliphatic heterocycles. The monoisotopic (exact) mass is 444 g/mol.